The van der Waals surface area contributed by atoms with Gasteiger partial charge >= 0.3 is 0 Å². The average Bonchev–Trinajstić information content (AvgIpc) is 3.35. The highest BCUT2D eigenvalue weighted by Gasteiger charge is 2.73. The van der Waals surface area contributed by atoms with Gasteiger partial charge in [0.1, 0.15) is 23.0 Å². The van der Waals surface area contributed by atoms with Crippen molar-refractivity contribution >= 4 is 5.95 Å². The molecular weight excluding hydrogens is 484 g/mol. The second-order valence-electron chi connectivity index (χ2n) is 9.06. The Labute approximate surface area is 219 Å². The van der Waals surface area contributed by atoms with E-state index in [4.69, 9.17) is 18.9 Å². The van der Waals surface area contributed by atoms with Gasteiger partial charge in [0.15, 0.2) is 17.4 Å². The number of rotatable bonds is 6. The van der Waals surface area contributed by atoms with Crippen LogP contribution in [0.3, 0.4) is 0 Å². The van der Waals surface area contributed by atoms with Crippen molar-refractivity contribution in [3.63, 3.8) is 0 Å². The second kappa shape index (κ2) is 8.64. The van der Waals surface area contributed by atoms with Crippen molar-refractivity contribution in [2.75, 3.05) is 26.6 Å². The summed E-state index contributed by atoms with van der Waals surface area (Å²) in [6.07, 6.45) is 3.50. The van der Waals surface area contributed by atoms with Gasteiger partial charge in [-0.1, -0.05) is 42.5 Å². The molecule has 0 radical (unpaired) electrons. The fourth-order valence-corrected chi connectivity index (χ4v) is 5.83. The van der Waals surface area contributed by atoms with E-state index in [-0.39, 0.29) is 5.95 Å². The lowest BCUT2D eigenvalue weighted by atomic mass is 9.70. The predicted octanol–water partition coefficient (Wildman–Crippen LogP) is 4.06. The first kappa shape index (κ1) is 23.6. The smallest absolute Gasteiger partial charge is 0.236 e. The predicted molar refractivity (Wildman–Crippen MR) is 137 cm³/mol. The first-order chi connectivity index (χ1) is 18.5. The molecule has 0 amide bonds. The number of hydrogen-bond donors (Lipinski definition) is 2. The van der Waals surface area contributed by atoms with E-state index >= 15 is 0 Å². The Hall–Kier alpha value is -4.81. The van der Waals surface area contributed by atoms with Crippen LogP contribution in [0.4, 0.5) is 5.95 Å². The minimum absolute atomic E-state index is 0.0675. The Morgan fingerprint density at radius 2 is 1.71 bits per heavy atom. The van der Waals surface area contributed by atoms with E-state index in [1.54, 1.807) is 32.5 Å². The van der Waals surface area contributed by atoms with Crippen LogP contribution >= 0.6 is 0 Å². The van der Waals surface area contributed by atoms with Crippen molar-refractivity contribution in [3.05, 3.63) is 101 Å². The van der Waals surface area contributed by atoms with Crippen LogP contribution < -0.4 is 24.3 Å². The van der Waals surface area contributed by atoms with E-state index in [9.17, 15) is 10.4 Å². The molecule has 2 heterocycles. The molecular formula is C29H24N4O5. The number of nitrogens with one attached hydrogen (secondary N) is 1. The fraction of sp³-hybridized carbons (Fsp3) is 0.207. The number of fused-ring (bicyclic) bond motifs is 5. The maximum Gasteiger partial charge on any atom is 0.236 e. The Balaban J connectivity index is 1.75. The molecule has 0 saturated heterocycles. The number of aromatic nitrogens is 2. The molecule has 38 heavy (non-hydrogen) atoms. The third-order valence-electron chi connectivity index (χ3n) is 7.36. The number of ether oxygens (including phenoxy) is 4. The van der Waals surface area contributed by atoms with Gasteiger partial charge in [-0.3, -0.25) is 5.32 Å². The lowest BCUT2D eigenvalue weighted by Crippen LogP contribution is -2.49. The zero-order valence-electron chi connectivity index (χ0n) is 20.9. The van der Waals surface area contributed by atoms with E-state index < -0.39 is 17.1 Å². The fourth-order valence-electron chi connectivity index (χ4n) is 5.83. The van der Waals surface area contributed by atoms with Gasteiger partial charge in [0, 0.05) is 29.5 Å². The third kappa shape index (κ3) is 3.01. The normalized spacial score (nSPS) is 22.3. The first-order valence-electron chi connectivity index (χ1n) is 11.9. The van der Waals surface area contributed by atoms with E-state index in [1.807, 2.05) is 60.8 Å². The van der Waals surface area contributed by atoms with Crippen LogP contribution in [0.5, 0.6) is 23.0 Å². The zero-order valence-corrected chi connectivity index (χ0v) is 20.9. The maximum atomic E-state index is 13.1. The molecule has 0 unspecified atom stereocenters. The summed E-state index contributed by atoms with van der Waals surface area (Å²) in [5, 5.41) is 24.8. The maximum absolute atomic E-state index is 13.1. The van der Waals surface area contributed by atoms with Gasteiger partial charge in [0.05, 0.1) is 38.5 Å². The molecule has 0 saturated carbocycles. The largest absolute Gasteiger partial charge is 0.497 e. The number of methoxy groups -OCH3 is 3. The van der Waals surface area contributed by atoms with Crippen LogP contribution in [-0.4, -0.2) is 36.4 Å². The summed E-state index contributed by atoms with van der Waals surface area (Å²) < 4.78 is 23.6. The van der Waals surface area contributed by atoms with Gasteiger partial charge in [-0.25, -0.2) is 9.97 Å². The van der Waals surface area contributed by atoms with Crippen molar-refractivity contribution in [3.8, 4) is 29.2 Å². The van der Waals surface area contributed by atoms with Crippen molar-refractivity contribution in [2.45, 2.75) is 17.1 Å². The summed E-state index contributed by atoms with van der Waals surface area (Å²) >= 11 is 0. The summed E-state index contributed by atoms with van der Waals surface area (Å²) in [6.45, 7) is 0. The number of aliphatic hydroxyl groups is 1. The van der Waals surface area contributed by atoms with Gasteiger partial charge in [-0.15, -0.1) is 0 Å². The molecule has 1 aromatic heterocycles. The SMILES string of the molecule is COc1ccc([C@@]23Oc4cc(OC)cc(OC)c4[C@]2(O)c2nc(NC#N)ncc2[C@H]3c2ccccc2)cc1. The summed E-state index contributed by atoms with van der Waals surface area (Å²) in [5.41, 5.74) is -0.260. The second-order valence-corrected chi connectivity index (χ2v) is 9.06. The molecule has 3 atom stereocenters. The minimum Gasteiger partial charge on any atom is -0.497 e. The molecule has 1 aliphatic heterocycles. The van der Waals surface area contributed by atoms with E-state index in [0.717, 1.165) is 5.56 Å². The number of benzene rings is 3. The lowest BCUT2D eigenvalue weighted by Gasteiger charge is -2.40. The Kier molecular flexibility index (Phi) is 5.36. The van der Waals surface area contributed by atoms with Crippen molar-refractivity contribution in [1.82, 2.24) is 9.97 Å². The molecule has 2 N–H and O–H groups in total. The van der Waals surface area contributed by atoms with E-state index in [0.29, 0.717) is 45.4 Å². The van der Waals surface area contributed by atoms with Crippen molar-refractivity contribution < 1.29 is 24.1 Å². The Bertz CT molecular complexity index is 1570. The van der Waals surface area contributed by atoms with Crippen molar-refractivity contribution in [1.29, 1.82) is 5.26 Å². The molecule has 6 rings (SSSR count). The molecule has 9 heteroatoms. The Morgan fingerprint density at radius 3 is 2.37 bits per heavy atom. The first-order valence-corrected chi connectivity index (χ1v) is 11.9. The van der Waals surface area contributed by atoms with Crippen LogP contribution in [0.2, 0.25) is 0 Å². The quantitative estimate of drug-likeness (QED) is 0.293. The number of anilines is 1. The highest BCUT2D eigenvalue weighted by Crippen LogP contribution is 2.70. The van der Waals surface area contributed by atoms with Gasteiger partial charge in [0.25, 0.3) is 0 Å². The molecule has 0 fully saturated rings. The molecule has 9 nitrogen and oxygen atoms in total. The van der Waals surface area contributed by atoms with Crippen molar-refractivity contribution in [2.24, 2.45) is 0 Å². The van der Waals surface area contributed by atoms with Gasteiger partial charge < -0.3 is 24.1 Å². The molecule has 0 bridgehead atoms. The van der Waals surface area contributed by atoms with Crippen LogP contribution in [0.15, 0.2) is 72.9 Å². The Morgan fingerprint density at radius 1 is 0.974 bits per heavy atom. The summed E-state index contributed by atoms with van der Waals surface area (Å²) in [5.74, 6) is 1.50. The molecule has 190 valence electrons. The van der Waals surface area contributed by atoms with Gasteiger partial charge in [-0.2, -0.15) is 5.26 Å². The minimum atomic E-state index is -1.83. The van der Waals surface area contributed by atoms with Crippen LogP contribution in [-0.2, 0) is 11.2 Å². The summed E-state index contributed by atoms with van der Waals surface area (Å²) in [7, 11) is 4.68. The van der Waals surface area contributed by atoms with Crippen LogP contribution in [0.1, 0.15) is 33.9 Å². The van der Waals surface area contributed by atoms with Gasteiger partial charge in [0.2, 0.25) is 5.95 Å². The summed E-state index contributed by atoms with van der Waals surface area (Å²) in [4.78, 5) is 9.04. The van der Waals surface area contributed by atoms with E-state index in [1.165, 1.54) is 7.11 Å². The van der Waals surface area contributed by atoms with Crippen LogP contribution in [0.25, 0.3) is 0 Å². The highest BCUT2D eigenvalue weighted by atomic mass is 16.5. The lowest BCUT2D eigenvalue weighted by molar-refractivity contribution is -0.0909. The molecule has 0 spiro atoms. The van der Waals surface area contributed by atoms with E-state index in [2.05, 4.69) is 15.3 Å². The molecule has 2 aliphatic rings. The average molecular weight is 509 g/mol. The van der Waals surface area contributed by atoms with Crippen LogP contribution in [0, 0.1) is 11.5 Å². The summed E-state index contributed by atoms with van der Waals surface area (Å²) in [6, 6.07) is 20.6. The zero-order chi connectivity index (χ0) is 26.5. The third-order valence-corrected chi connectivity index (χ3v) is 7.36. The highest BCUT2D eigenvalue weighted by molar-refractivity contribution is 5.69. The molecule has 3 aromatic carbocycles. The molecule has 4 aromatic rings. The number of nitriles is 1. The number of hydrogen-bond acceptors (Lipinski definition) is 9. The molecule has 1 aliphatic carbocycles. The van der Waals surface area contributed by atoms with Gasteiger partial charge in [-0.05, 0) is 17.7 Å². The standard InChI is InChI=1S/C29H24N4O5/c1-35-19-11-9-18(10-12-19)29-24(17-7-5-4-6-8-17)21-15-31-27(32-16-30)33-26(21)28(29,34)25-22(37-3)13-20(36-2)14-23(25)38-29/h4-15,24,34H,1-3H3,(H,31,32,33)/t24-,28+,29+/m1/s1. The topological polar surface area (TPSA) is 119 Å². The monoisotopic (exact) mass is 508 g/mol. The number of nitrogens with zero attached hydrogens (tertiary/aromatic N) is 3.